The van der Waals surface area contributed by atoms with Gasteiger partial charge in [0.15, 0.2) is 6.04 Å². The molecular weight excluding hydrogens is 486 g/mol. The predicted octanol–water partition coefficient (Wildman–Crippen LogP) is 3.80. The number of rotatable bonds is 10. The van der Waals surface area contributed by atoms with E-state index in [1.54, 1.807) is 37.3 Å². The molecule has 0 aliphatic carbocycles. The Morgan fingerprint density at radius 3 is 2.74 bits per heavy atom. The van der Waals surface area contributed by atoms with Crippen LogP contribution in [0.3, 0.4) is 0 Å². The first-order valence-electron chi connectivity index (χ1n) is 12.8. The molecule has 1 saturated heterocycles. The first-order valence-corrected chi connectivity index (χ1v) is 12.8. The monoisotopic (exact) mass is 517 g/mol. The fourth-order valence-corrected chi connectivity index (χ4v) is 4.68. The van der Waals surface area contributed by atoms with Gasteiger partial charge in [0.05, 0.1) is 23.9 Å². The molecule has 38 heavy (non-hydrogen) atoms. The highest BCUT2D eigenvalue weighted by Crippen LogP contribution is 2.36. The highest BCUT2D eigenvalue weighted by molar-refractivity contribution is 6.02. The van der Waals surface area contributed by atoms with Gasteiger partial charge >= 0.3 is 0 Å². The van der Waals surface area contributed by atoms with E-state index in [2.05, 4.69) is 15.6 Å². The lowest BCUT2D eigenvalue weighted by atomic mass is 10.1. The standard InChI is InChI=1S/C28H31N5O5/c1-3-36-24-13-7-6-12-23(24)33(26(34)18-32-22-11-5-4-10-21(22)30-31-32)27(25-15-14-19(2)38-25)28(35)29-17-20-9-8-16-37-20/h4-7,10-15,20,27H,3,8-9,16-18H2,1-2H3,(H,29,35). The Labute approximate surface area is 220 Å². The Kier molecular flexibility index (Phi) is 7.69. The molecule has 1 aliphatic heterocycles. The van der Waals surface area contributed by atoms with Crippen LogP contribution in [-0.4, -0.2) is 52.7 Å². The normalized spacial score (nSPS) is 15.9. The Morgan fingerprint density at radius 2 is 1.97 bits per heavy atom. The molecule has 2 aromatic carbocycles. The van der Waals surface area contributed by atoms with Crippen molar-refractivity contribution < 1.29 is 23.5 Å². The molecule has 0 bridgehead atoms. The van der Waals surface area contributed by atoms with Gasteiger partial charge in [0.25, 0.3) is 5.91 Å². The fraction of sp³-hybridized carbons (Fsp3) is 0.357. The quantitative estimate of drug-likeness (QED) is 0.341. The smallest absolute Gasteiger partial charge is 0.251 e. The number of aromatic nitrogens is 3. The van der Waals surface area contributed by atoms with Gasteiger partial charge < -0.3 is 19.2 Å². The summed E-state index contributed by atoms with van der Waals surface area (Å²) < 4.78 is 19.0. The average Bonchev–Trinajstić information content (AvgIpc) is 3.69. The number of aryl methyl sites for hydroxylation is 1. The maximum absolute atomic E-state index is 14.1. The second-order valence-electron chi connectivity index (χ2n) is 9.13. The van der Waals surface area contributed by atoms with Crippen LogP contribution in [-0.2, 0) is 20.9 Å². The number of hydrogen-bond acceptors (Lipinski definition) is 7. The third-order valence-corrected chi connectivity index (χ3v) is 6.46. The molecule has 2 amide bonds. The van der Waals surface area contributed by atoms with Crippen molar-refractivity contribution in [3.63, 3.8) is 0 Å². The van der Waals surface area contributed by atoms with Crippen molar-refractivity contribution in [3.05, 3.63) is 72.2 Å². The summed E-state index contributed by atoms with van der Waals surface area (Å²) in [6.07, 6.45) is 1.78. The van der Waals surface area contributed by atoms with Gasteiger partial charge in [0.2, 0.25) is 5.91 Å². The van der Waals surface area contributed by atoms with Crippen LogP contribution in [0.5, 0.6) is 5.75 Å². The van der Waals surface area contributed by atoms with E-state index >= 15 is 0 Å². The van der Waals surface area contributed by atoms with E-state index in [9.17, 15) is 9.59 Å². The second kappa shape index (κ2) is 11.5. The fourth-order valence-electron chi connectivity index (χ4n) is 4.68. The lowest BCUT2D eigenvalue weighted by molar-refractivity contribution is -0.127. The number of carbonyl (C=O) groups is 2. The molecule has 10 nitrogen and oxygen atoms in total. The first kappa shape index (κ1) is 25.5. The predicted molar refractivity (Wildman–Crippen MR) is 141 cm³/mol. The highest BCUT2D eigenvalue weighted by Gasteiger charge is 2.37. The SMILES string of the molecule is CCOc1ccccc1N(C(=O)Cn1nnc2ccccc21)C(C(=O)NCC1CCCO1)c1ccc(C)o1. The van der Waals surface area contributed by atoms with Gasteiger partial charge in [-0.25, -0.2) is 4.68 Å². The van der Waals surface area contributed by atoms with E-state index in [-0.39, 0.29) is 24.5 Å². The summed E-state index contributed by atoms with van der Waals surface area (Å²) in [5.74, 6) is 0.698. The third kappa shape index (κ3) is 5.40. The molecule has 4 aromatic rings. The Hall–Kier alpha value is -4.18. The summed E-state index contributed by atoms with van der Waals surface area (Å²) in [5.41, 5.74) is 1.84. The van der Waals surface area contributed by atoms with Gasteiger partial charge in [-0.2, -0.15) is 0 Å². The molecule has 3 heterocycles. The highest BCUT2D eigenvalue weighted by atomic mass is 16.5. The number of nitrogens with one attached hydrogen (secondary N) is 1. The zero-order valence-electron chi connectivity index (χ0n) is 21.5. The lowest BCUT2D eigenvalue weighted by Gasteiger charge is -2.31. The van der Waals surface area contributed by atoms with Gasteiger partial charge in [0, 0.05) is 13.2 Å². The third-order valence-electron chi connectivity index (χ3n) is 6.46. The van der Waals surface area contributed by atoms with Crippen LogP contribution in [0.4, 0.5) is 5.69 Å². The molecule has 0 saturated carbocycles. The minimum absolute atomic E-state index is 0.0562. The zero-order valence-corrected chi connectivity index (χ0v) is 21.5. The number of hydrogen-bond donors (Lipinski definition) is 1. The van der Waals surface area contributed by atoms with E-state index < -0.39 is 6.04 Å². The van der Waals surface area contributed by atoms with Crippen molar-refractivity contribution in [2.75, 3.05) is 24.7 Å². The molecule has 0 spiro atoms. The summed E-state index contributed by atoms with van der Waals surface area (Å²) in [6, 6.07) is 17.0. The molecule has 2 atom stereocenters. The van der Waals surface area contributed by atoms with Gasteiger partial charge in [-0.15, -0.1) is 5.10 Å². The Morgan fingerprint density at radius 1 is 1.16 bits per heavy atom. The van der Waals surface area contributed by atoms with E-state index in [1.165, 1.54) is 9.58 Å². The van der Waals surface area contributed by atoms with Crippen molar-refractivity contribution in [2.45, 2.75) is 45.4 Å². The van der Waals surface area contributed by atoms with Crippen LogP contribution >= 0.6 is 0 Å². The second-order valence-corrected chi connectivity index (χ2v) is 9.13. The number of nitrogens with zero attached hydrogens (tertiary/aromatic N) is 4. The summed E-state index contributed by atoms with van der Waals surface area (Å²) in [7, 11) is 0. The number of anilines is 1. The lowest BCUT2D eigenvalue weighted by Crippen LogP contribution is -2.46. The number of amides is 2. The van der Waals surface area contributed by atoms with E-state index in [0.29, 0.717) is 53.7 Å². The number of para-hydroxylation sites is 3. The van der Waals surface area contributed by atoms with Gasteiger partial charge in [-0.1, -0.05) is 29.5 Å². The first-order chi connectivity index (χ1) is 18.5. The van der Waals surface area contributed by atoms with Crippen molar-refractivity contribution in [1.29, 1.82) is 0 Å². The minimum Gasteiger partial charge on any atom is -0.492 e. The van der Waals surface area contributed by atoms with Crippen LogP contribution in [0, 0.1) is 6.92 Å². The summed E-state index contributed by atoms with van der Waals surface area (Å²) in [5, 5.41) is 11.3. The van der Waals surface area contributed by atoms with Crippen molar-refractivity contribution in [1.82, 2.24) is 20.3 Å². The molecule has 0 radical (unpaired) electrons. The van der Waals surface area contributed by atoms with Gasteiger partial charge in [-0.05, 0) is 63.1 Å². The van der Waals surface area contributed by atoms with Crippen LogP contribution in [0.2, 0.25) is 0 Å². The molecular formula is C28H31N5O5. The minimum atomic E-state index is -1.09. The number of carbonyl (C=O) groups excluding carboxylic acids is 2. The maximum Gasteiger partial charge on any atom is 0.251 e. The largest absolute Gasteiger partial charge is 0.492 e. The number of fused-ring (bicyclic) bond motifs is 1. The molecule has 1 N–H and O–H groups in total. The molecule has 1 aliphatic rings. The van der Waals surface area contributed by atoms with Crippen molar-refractivity contribution in [2.24, 2.45) is 0 Å². The molecule has 1 fully saturated rings. The van der Waals surface area contributed by atoms with Crippen molar-refractivity contribution >= 4 is 28.5 Å². The van der Waals surface area contributed by atoms with E-state index in [4.69, 9.17) is 13.9 Å². The molecule has 10 heteroatoms. The van der Waals surface area contributed by atoms with Crippen molar-refractivity contribution in [3.8, 4) is 5.75 Å². The summed E-state index contributed by atoms with van der Waals surface area (Å²) >= 11 is 0. The van der Waals surface area contributed by atoms with Crippen LogP contribution in [0.1, 0.15) is 37.3 Å². The van der Waals surface area contributed by atoms with Crippen LogP contribution in [0.25, 0.3) is 11.0 Å². The van der Waals surface area contributed by atoms with E-state index in [0.717, 1.165) is 12.8 Å². The topological polar surface area (TPSA) is 112 Å². The molecule has 5 rings (SSSR count). The van der Waals surface area contributed by atoms with Crippen LogP contribution in [0.15, 0.2) is 65.1 Å². The molecule has 2 aromatic heterocycles. The van der Waals surface area contributed by atoms with Gasteiger partial charge in [0.1, 0.15) is 29.3 Å². The Bertz CT molecular complexity index is 1410. The Balaban J connectivity index is 1.55. The molecule has 198 valence electrons. The summed E-state index contributed by atoms with van der Waals surface area (Å²) in [4.78, 5) is 29.4. The number of furan rings is 1. The average molecular weight is 518 g/mol. The molecule has 2 unspecified atom stereocenters. The summed E-state index contributed by atoms with van der Waals surface area (Å²) in [6.45, 7) is 4.94. The van der Waals surface area contributed by atoms with E-state index in [1.807, 2.05) is 37.3 Å². The van der Waals surface area contributed by atoms with Gasteiger partial charge in [-0.3, -0.25) is 14.5 Å². The number of ether oxygens (including phenoxy) is 2. The number of benzene rings is 2. The van der Waals surface area contributed by atoms with Crippen LogP contribution < -0.4 is 15.0 Å². The zero-order chi connectivity index (χ0) is 26.5. The maximum atomic E-state index is 14.1.